The van der Waals surface area contributed by atoms with E-state index in [1.54, 1.807) is 9.80 Å². The fourth-order valence-corrected chi connectivity index (χ4v) is 3.91. The minimum Gasteiger partial charge on any atom is -0.341 e. The second kappa shape index (κ2) is 8.91. The molecule has 1 aliphatic heterocycles. The van der Waals surface area contributed by atoms with Crippen LogP contribution in [-0.4, -0.2) is 47.9 Å². The lowest BCUT2D eigenvalue weighted by atomic mass is 10.1. The molecule has 138 valence electrons. The lowest BCUT2D eigenvalue weighted by Gasteiger charge is -2.21. The average molecular weight is 372 g/mol. The maximum absolute atomic E-state index is 12.7. The van der Waals surface area contributed by atoms with E-state index in [4.69, 9.17) is 5.73 Å². The first-order valence-corrected chi connectivity index (χ1v) is 9.82. The van der Waals surface area contributed by atoms with Crippen molar-refractivity contribution in [3.05, 3.63) is 47.0 Å². The standard InChI is InChI=1S/C19H24N4O2S/c20-9-12-22(11-8-15-5-2-1-3-6-15)18(25)13-16-14-26-19(21-16)23-10-4-7-17(23)24/h1-3,5-6,14H,4,7-13,20H2. The second-order valence-corrected chi connectivity index (χ2v) is 7.19. The smallest absolute Gasteiger partial charge is 0.228 e. The first kappa shape index (κ1) is 18.5. The number of hydrogen-bond acceptors (Lipinski definition) is 5. The molecule has 3 rings (SSSR count). The van der Waals surface area contributed by atoms with Crippen molar-refractivity contribution in [2.45, 2.75) is 25.7 Å². The normalized spacial score (nSPS) is 14.0. The Morgan fingerprint density at radius 3 is 2.77 bits per heavy atom. The van der Waals surface area contributed by atoms with Crippen LogP contribution in [0.5, 0.6) is 0 Å². The number of nitrogens with zero attached hydrogens (tertiary/aromatic N) is 3. The van der Waals surface area contributed by atoms with Gasteiger partial charge in [-0.3, -0.25) is 14.5 Å². The molecule has 7 heteroatoms. The molecule has 0 radical (unpaired) electrons. The molecule has 0 saturated carbocycles. The zero-order valence-electron chi connectivity index (χ0n) is 14.8. The summed E-state index contributed by atoms with van der Waals surface area (Å²) in [5, 5.41) is 2.57. The van der Waals surface area contributed by atoms with Crippen LogP contribution in [0.25, 0.3) is 0 Å². The number of amides is 2. The summed E-state index contributed by atoms with van der Waals surface area (Å²) in [5.41, 5.74) is 7.60. The first-order valence-electron chi connectivity index (χ1n) is 8.94. The number of carbonyl (C=O) groups is 2. The van der Waals surface area contributed by atoms with Crippen LogP contribution in [0.3, 0.4) is 0 Å². The van der Waals surface area contributed by atoms with Gasteiger partial charge in [-0.15, -0.1) is 11.3 Å². The molecule has 0 atom stereocenters. The van der Waals surface area contributed by atoms with Gasteiger partial charge >= 0.3 is 0 Å². The van der Waals surface area contributed by atoms with Gasteiger partial charge in [0.15, 0.2) is 5.13 Å². The van der Waals surface area contributed by atoms with Crippen molar-refractivity contribution >= 4 is 28.3 Å². The van der Waals surface area contributed by atoms with Crippen LogP contribution in [-0.2, 0) is 22.4 Å². The first-order chi connectivity index (χ1) is 12.7. The summed E-state index contributed by atoms with van der Waals surface area (Å²) in [4.78, 5) is 32.5. The highest BCUT2D eigenvalue weighted by Crippen LogP contribution is 2.25. The Hall–Kier alpha value is -2.25. The van der Waals surface area contributed by atoms with Gasteiger partial charge in [-0.25, -0.2) is 4.98 Å². The Kier molecular flexibility index (Phi) is 6.35. The molecule has 0 unspecified atom stereocenters. The van der Waals surface area contributed by atoms with Gasteiger partial charge in [0.05, 0.1) is 12.1 Å². The van der Waals surface area contributed by atoms with Crippen LogP contribution in [0.1, 0.15) is 24.1 Å². The minimum absolute atomic E-state index is 0.0241. The minimum atomic E-state index is 0.0241. The lowest BCUT2D eigenvalue weighted by molar-refractivity contribution is -0.130. The van der Waals surface area contributed by atoms with Crippen molar-refractivity contribution in [2.75, 3.05) is 31.1 Å². The Labute approximate surface area is 157 Å². The molecule has 26 heavy (non-hydrogen) atoms. The van der Waals surface area contributed by atoms with E-state index < -0.39 is 0 Å². The van der Waals surface area contributed by atoms with E-state index in [0.717, 1.165) is 25.1 Å². The van der Waals surface area contributed by atoms with Crippen molar-refractivity contribution in [3.63, 3.8) is 0 Å². The van der Waals surface area contributed by atoms with Gasteiger partial charge in [-0.05, 0) is 18.4 Å². The van der Waals surface area contributed by atoms with Crippen LogP contribution in [0.2, 0.25) is 0 Å². The maximum atomic E-state index is 12.7. The van der Waals surface area contributed by atoms with E-state index in [-0.39, 0.29) is 18.2 Å². The Morgan fingerprint density at radius 1 is 1.27 bits per heavy atom. The maximum Gasteiger partial charge on any atom is 0.228 e. The molecule has 2 heterocycles. The molecule has 2 amide bonds. The highest BCUT2D eigenvalue weighted by atomic mass is 32.1. The zero-order chi connectivity index (χ0) is 18.4. The third kappa shape index (κ3) is 4.68. The molecule has 1 aliphatic rings. The van der Waals surface area contributed by atoms with E-state index in [1.165, 1.54) is 16.9 Å². The van der Waals surface area contributed by atoms with Crippen molar-refractivity contribution < 1.29 is 9.59 Å². The van der Waals surface area contributed by atoms with Gasteiger partial charge in [-0.2, -0.15) is 0 Å². The molecule has 1 fully saturated rings. The van der Waals surface area contributed by atoms with Gasteiger partial charge in [0.1, 0.15) is 0 Å². The number of thiazole rings is 1. The number of aromatic nitrogens is 1. The van der Waals surface area contributed by atoms with Gasteiger partial charge in [0, 0.05) is 38.0 Å². The number of rotatable bonds is 8. The summed E-state index contributed by atoms with van der Waals surface area (Å²) in [5.74, 6) is 0.140. The number of hydrogen-bond donors (Lipinski definition) is 1. The van der Waals surface area contributed by atoms with E-state index in [0.29, 0.717) is 31.2 Å². The van der Waals surface area contributed by atoms with Crippen LogP contribution in [0, 0.1) is 0 Å². The Balaban J connectivity index is 1.59. The lowest BCUT2D eigenvalue weighted by Crippen LogP contribution is -2.38. The molecule has 0 spiro atoms. The molecular weight excluding hydrogens is 348 g/mol. The summed E-state index contributed by atoms with van der Waals surface area (Å²) in [6.07, 6.45) is 2.50. The van der Waals surface area contributed by atoms with E-state index in [1.807, 2.05) is 23.6 Å². The molecule has 1 aromatic heterocycles. The highest BCUT2D eigenvalue weighted by Gasteiger charge is 2.24. The van der Waals surface area contributed by atoms with Crippen LogP contribution < -0.4 is 10.6 Å². The Morgan fingerprint density at radius 2 is 2.08 bits per heavy atom. The third-order valence-electron chi connectivity index (χ3n) is 4.44. The third-order valence-corrected chi connectivity index (χ3v) is 5.35. The molecule has 2 aromatic rings. The summed E-state index contributed by atoms with van der Waals surface area (Å²) in [7, 11) is 0. The predicted octanol–water partition coefficient (Wildman–Crippen LogP) is 1.84. The van der Waals surface area contributed by atoms with E-state index in [2.05, 4.69) is 17.1 Å². The summed E-state index contributed by atoms with van der Waals surface area (Å²) in [6, 6.07) is 10.1. The Bertz CT molecular complexity index is 747. The fourth-order valence-electron chi connectivity index (χ4n) is 3.04. The quantitative estimate of drug-likeness (QED) is 0.767. The molecule has 0 bridgehead atoms. The van der Waals surface area contributed by atoms with Gasteiger partial charge in [-0.1, -0.05) is 30.3 Å². The van der Waals surface area contributed by atoms with Gasteiger partial charge < -0.3 is 10.6 Å². The largest absolute Gasteiger partial charge is 0.341 e. The van der Waals surface area contributed by atoms with Crippen molar-refractivity contribution in [3.8, 4) is 0 Å². The predicted molar refractivity (Wildman–Crippen MR) is 103 cm³/mol. The topological polar surface area (TPSA) is 79.5 Å². The van der Waals surface area contributed by atoms with Gasteiger partial charge in [0.2, 0.25) is 11.8 Å². The fraction of sp³-hybridized carbons (Fsp3) is 0.421. The van der Waals surface area contributed by atoms with E-state index in [9.17, 15) is 9.59 Å². The summed E-state index contributed by atoms with van der Waals surface area (Å²) >= 11 is 1.43. The molecule has 1 saturated heterocycles. The van der Waals surface area contributed by atoms with Crippen LogP contribution in [0.4, 0.5) is 5.13 Å². The second-order valence-electron chi connectivity index (χ2n) is 6.35. The van der Waals surface area contributed by atoms with Crippen molar-refractivity contribution in [1.82, 2.24) is 9.88 Å². The van der Waals surface area contributed by atoms with Crippen LogP contribution in [0.15, 0.2) is 35.7 Å². The van der Waals surface area contributed by atoms with E-state index >= 15 is 0 Å². The highest BCUT2D eigenvalue weighted by molar-refractivity contribution is 7.14. The van der Waals surface area contributed by atoms with Crippen molar-refractivity contribution in [1.29, 1.82) is 0 Å². The molecule has 1 aromatic carbocycles. The summed E-state index contributed by atoms with van der Waals surface area (Å²) < 4.78 is 0. The number of nitrogens with two attached hydrogens (primary N) is 1. The average Bonchev–Trinajstić information content (AvgIpc) is 3.28. The number of anilines is 1. The van der Waals surface area contributed by atoms with Crippen LogP contribution >= 0.6 is 11.3 Å². The molecule has 6 nitrogen and oxygen atoms in total. The summed E-state index contributed by atoms with van der Waals surface area (Å²) in [6.45, 7) is 2.33. The number of carbonyl (C=O) groups excluding carboxylic acids is 2. The zero-order valence-corrected chi connectivity index (χ0v) is 15.6. The molecular formula is C19H24N4O2S. The van der Waals surface area contributed by atoms with Crippen molar-refractivity contribution in [2.24, 2.45) is 5.73 Å². The van der Waals surface area contributed by atoms with Gasteiger partial charge in [0.25, 0.3) is 0 Å². The monoisotopic (exact) mass is 372 g/mol. The molecule has 0 aliphatic carbocycles. The number of benzene rings is 1. The molecule has 2 N–H and O–H groups in total. The SMILES string of the molecule is NCCN(CCc1ccccc1)C(=O)Cc1csc(N2CCCC2=O)n1.